The molecule has 1 amide bonds. The second-order valence-corrected chi connectivity index (χ2v) is 3.38. The molecule has 2 N–H and O–H groups in total. The van der Waals surface area contributed by atoms with Crippen LogP contribution < -0.4 is 5.32 Å². The Morgan fingerprint density at radius 1 is 1.56 bits per heavy atom. The zero-order valence-electron chi connectivity index (χ0n) is 8.99. The fraction of sp³-hybridized carbons (Fsp3) is 0.273. The van der Waals surface area contributed by atoms with Gasteiger partial charge in [-0.1, -0.05) is 0 Å². The van der Waals surface area contributed by atoms with Gasteiger partial charge in [0.2, 0.25) is 0 Å². The minimum absolute atomic E-state index is 0.109. The molecule has 0 aliphatic heterocycles. The summed E-state index contributed by atoms with van der Waals surface area (Å²) in [5.41, 5.74) is 2.32. The Balaban J connectivity index is 2.10. The molecule has 0 spiro atoms. The molecule has 0 saturated heterocycles. The summed E-state index contributed by atoms with van der Waals surface area (Å²) >= 11 is 0. The van der Waals surface area contributed by atoms with Gasteiger partial charge in [-0.3, -0.25) is 4.79 Å². The van der Waals surface area contributed by atoms with Gasteiger partial charge in [-0.05, 0) is 18.2 Å². The number of rotatable bonds is 4. The number of benzene rings is 1. The summed E-state index contributed by atoms with van der Waals surface area (Å²) in [6.45, 7) is 1.02. The zero-order chi connectivity index (χ0) is 11.4. The lowest BCUT2D eigenvalue weighted by atomic mass is 10.2. The zero-order valence-corrected chi connectivity index (χ0v) is 8.99. The Bertz CT molecular complexity index is 493. The molecule has 0 unspecified atom stereocenters. The lowest BCUT2D eigenvalue weighted by Gasteiger charge is -2.03. The maximum Gasteiger partial charge on any atom is 0.251 e. The number of hydrogen-bond donors (Lipinski definition) is 2. The summed E-state index contributed by atoms with van der Waals surface area (Å²) in [6.07, 6.45) is 1.61. The van der Waals surface area contributed by atoms with Gasteiger partial charge in [-0.25, -0.2) is 4.98 Å². The highest BCUT2D eigenvalue weighted by Crippen LogP contribution is 2.11. The van der Waals surface area contributed by atoms with E-state index in [2.05, 4.69) is 15.3 Å². The van der Waals surface area contributed by atoms with E-state index < -0.39 is 0 Å². The minimum atomic E-state index is -0.109. The van der Waals surface area contributed by atoms with Gasteiger partial charge in [0, 0.05) is 19.2 Å². The van der Waals surface area contributed by atoms with Crippen LogP contribution >= 0.6 is 0 Å². The van der Waals surface area contributed by atoms with Gasteiger partial charge in [0.1, 0.15) is 0 Å². The van der Waals surface area contributed by atoms with E-state index in [9.17, 15) is 4.79 Å². The van der Waals surface area contributed by atoms with Crippen molar-refractivity contribution in [1.29, 1.82) is 0 Å². The van der Waals surface area contributed by atoms with Crippen LogP contribution in [0.25, 0.3) is 11.0 Å². The van der Waals surface area contributed by atoms with Crippen molar-refractivity contribution in [3.8, 4) is 0 Å². The molecule has 0 radical (unpaired) electrons. The topological polar surface area (TPSA) is 67.0 Å². The van der Waals surface area contributed by atoms with Crippen molar-refractivity contribution >= 4 is 16.9 Å². The van der Waals surface area contributed by atoms with E-state index in [4.69, 9.17) is 4.74 Å². The maximum absolute atomic E-state index is 11.7. The van der Waals surface area contributed by atoms with Crippen LogP contribution in [-0.4, -0.2) is 36.1 Å². The lowest BCUT2D eigenvalue weighted by molar-refractivity contribution is 0.0937. The van der Waals surface area contributed by atoms with Crippen LogP contribution in [0.15, 0.2) is 24.5 Å². The highest BCUT2D eigenvalue weighted by Gasteiger charge is 2.06. The fourth-order valence-corrected chi connectivity index (χ4v) is 1.44. The number of hydrogen-bond acceptors (Lipinski definition) is 3. The van der Waals surface area contributed by atoms with E-state index in [0.717, 1.165) is 11.0 Å². The van der Waals surface area contributed by atoms with Crippen LogP contribution in [0, 0.1) is 0 Å². The molecule has 0 bridgehead atoms. The van der Waals surface area contributed by atoms with Crippen molar-refractivity contribution in [2.75, 3.05) is 20.3 Å². The quantitative estimate of drug-likeness (QED) is 0.752. The van der Waals surface area contributed by atoms with Crippen molar-refractivity contribution in [3.63, 3.8) is 0 Å². The number of aromatic nitrogens is 2. The lowest BCUT2D eigenvalue weighted by Crippen LogP contribution is -2.26. The van der Waals surface area contributed by atoms with E-state index in [1.807, 2.05) is 6.07 Å². The third-order valence-corrected chi connectivity index (χ3v) is 2.28. The van der Waals surface area contributed by atoms with Gasteiger partial charge in [-0.2, -0.15) is 0 Å². The molecule has 0 aliphatic rings. The molecule has 2 rings (SSSR count). The predicted octanol–water partition coefficient (Wildman–Crippen LogP) is 0.939. The van der Waals surface area contributed by atoms with E-state index >= 15 is 0 Å². The molecule has 5 heteroatoms. The standard InChI is InChI=1S/C11H13N3O2/c1-16-5-4-12-11(15)8-2-3-9-10(6-8)14-7-13-9/h2-3,6-7H,4-5H2,1H3,(H,12,15)(H,13,14). The SMILES string of the molecule is COCCNC(=O)c1ccc2[nH]cnc2c1. The summed E-state index contributed by atoms with van der Waals surface area (Å²) in [5, 5.41) is 2.75. The fourth-order valence-electron chi connectivity index (χ4n) is 1.44. The average molecular weight is 219 g/mol. The molecule has 5 nitrogen and oxygen atoms in total. The van der Waals surface area contributed by atoms with Crippen LogP contribution in [0.3, 0.4) is 0 Å². The van der Waals surface area contributed by atoms with Crippen LogP contribution in [0.2, 0.25) is 0 Å². The van der Waals surface area contributed by atoms with Crippen molar-refractivity contribution in [3.05, 3.63) is 30.1 Å². The molecule has 0 fully saturated rings. The number of nitrogens with zero attached hydrogens (tertiary/aromatic N) is 1. The minimum Gasteiger partial charge on any atom is -0.383 e. The molecular weight excluding hydrogens is 206 g/mol. The molecule has 84 valence electrons. The first kappa shape index (κ1) is 10.6. The average Bonchev–Trinajstić information content (AvgIpc) is 2.76. The third kappa shape index (κ3) is 2.20. The van der Waals surface area contributed by atoms with Gasteiger partial charge in [0.25, 0.3) is 5.91 Å². The van der Waals surface area contributed by atoms with Crippen molar-refractivity contribution in [2.45, 2.75) is 0 Å². The summed E-state index contributed by atoms with van der Waals surface area (Å²) in [7, 11) is 1.60. The van der Waals surface area contributed by atoms with Gasteiger partial charge in [0.05, 0.1) is 24.0 Å². The van der Waals surface area contributed by atoms with Crippen LogP contribution in [0.1, 0.15) is 10.4 Å². The smallest absolute Gasteiger partial charge is 0.251 e. The molecule has 0 aliphatic carbocycles. The highest BCUT2D eigenvalue weighted by atomic mass is 16.5. The number of fused-ring (bicyclic) bond motifs is 1. The number of H-pyrrole nitrogens is 1. The Morgan fingerprint density at radius 3 is 3.25 bits per heavy atom. The summed E-state index contributed by atoms with van der Waals surface area (Å²) in [5.74, 6) is -0.109. The van der Waals surface area contributed by atoms with Crippen molar-refractivity contribution in [2.24, 2.45) is 0 Å². The van der Waals surface area contributed by atoms with Gasteiger partial charge >= 0.3 is 0 Å². The van der Waals surface area contributed by atoms with Crippen LogP contribution in [0.5, 0.6) is 0 Å². The van der Waals surface area contributed by atoms with Gasteiger partial charge in [-0.15, -0.1) is 0 Å². The van der Waals surface area contributed by atoms with Gasteiger partial charge in [0.15, 0.2) is 0 Å². The van der Waals surface area contributed by atoms with E-state index in [0.29, 0.717) is 18.7 Å². The first-order valence-electron chi connectivity index (χ1n) is 5.01. The second-order valence-electron chi connectivity index (χ2n) is 3.38. The third-order valence-electron chi connectivity index (χ3n) is 2.28. The van der Waals surface area contributed by atoms with E-state index in [-0.39, 0.29) is 5.91 Å². The first-order valence-corrected chi connectivity index (χ1v) is 5.01. The number of methoxy groups -OCH3 is 1. The first-order chi connectivity index (χ1) is 7.81. The molecule has 1 heterocycles. The summed E-state index contributed by atoms with van der Waals surface area (Å²) in [4.78, 5) is 18.8. The molecule has 0 atom stereocenters. The van der Waals surface area contributed by atoms with Crippen LogP contribution in [0.4, 0.5) is 0 Å². The molecule has 16 heavy (non-hydrogen) atoms. The predicted molar refractivity (Wildman–Crippen MR) is 60.3 cm³/mol. The normalized spacial score (nSPS) is 10.6. The largest absolute Gasteiger partial charge is 0.383 e. The number of carbonyl (C=O) groups is 1. The Morgan fingerprint density at radius 2 is 2.44 bits per heavy atom. The monoisotopic (exact) mass is 219 g/mol. The summed E-state index contributed by atoms with van der Waals surface area (Å²) in [6, 6.07) is 5.37. The van der Waals surface area contributed by atoms with Crippen molar-refractivity contribution < 1.29 is 9.53 Å². The summed E-state index contributed by atoms with van der Waals surface area (Å²) < 4.78 is 4.85. The van der Waals surface area contributed by atoms with E-state index in [1.165, 1.54) is 0 Å². The number of amides is 1. The maximum atomic E-state index is 11.7. The van der Waals surface area contributed by atoms with Gasteiger partial charge < -0.3 is 15.0 Å². The number of carbonyl (C=O) groups excluding carboxylic acids is 1. The highest BCUT2D eigenvalue weighted by molar-refractivity contribution is 5.97. The van der Waals surface area contributed by atoms with E-state index in [1.54, 1.807) is 25.6 Å². The number of imidazole rings is 1. The number of nitrogens with one attached hydrogen (secondary N) is 2. The van der Waals surface area contributed by atoms with Crippen molar-refractivity contribution in [1.82, 2.24) is 15.3 Å². The molecule has 1 aromatic heterocycles. The Kier molecular flexibility index (Phi) is 3.16. The molecular formula is C11H13N3O2. The Labute approximate surface area is 92.8 Å². The number of aromatic amines is 1. The molecule has 1 aromatic carbocycles. The molecule has 2 aromatic rings. The van der Waals surface area contributed by atoms with Crippen LogP contribution in [-0.2, 0) is 4.74 Å². The molecule has 0 saturated carbocycles. The second kappa shape index (κ2) is 4.76. The number of ether oxygens (including phenoxy) is 1. The Hall–Kier alpha value is -1.88.